The summed E-state index contributed by atoms with van der Waals surface area (Å²) >= 11 is 0. The van der Waals surface area contributed by atoms with Crippen molar-refractivity contribution >= 4 is 38.2 Å². The second-order valence-electron chi connectivity index (χ2n) is 5.98. The summed E-state index contributed by atoms with van der Waals surface area (Å²) in [5, 5.41) is 7.74. The van der Waals surface area contributed by atoms with Crippen LogP contribution in [-0.4, -0.2) is 24.0 Å². The van der Waals surface area contributed by atoms with E-state index >= 15 is 0 Å². The molecule has 0 aliphatic rings. The van der Waals surface area contributed by atoms with Crippen LogP contribution < -0.4 is 16.6 Å². The van der Waals surface area contributed by atoms with Crippen LogP contribution in [-0.2, 0) is 0 Å². The topological polar surface area (TPSA) is 88.0 Å². The van der Waals surface area contributed by atoms with Gasteiger partial charge in [0.15, 0.2) is 0 Å². The summed E-state index contributed by atoms with van der Waals surface area (Å²) in [5.74, 6) is -0.187. The number of hydrogen-bond donors (Lipinski definition) is 3. The molecule has 4 N–H and O–H groups in total. The van der Waals surface area contributed by atoms with Crippen LogP contribution in [0.1, 0.15) is 10.4 Å². The minimum Gasteiger partial charge on any atom is -0.351 e. The zero-order chi connectivity index (χ0) is 17.4. The number of rotatable bonds is 3. The molecule has 124 valence electrons. The molecule has 4 rings (SSSR count). The summed E-state index contributed by atoms with van der Waals surface area (Å²) in [6.07, 6.45) is 1.60. The average molecular weight is 331 g/mol. The lowest BCUT2D eigenvalue weighted by Crippen LogP contribution is -2.29. The number of aromatic nitrogens is 1. The van der Waals surface area contributed by atoms with Gasteiger partial charge in [0.2, 0.25) is 0 Å². The lowest BCUT2D eigenvalue weighted by atomic mass is 9.95. The SMILES string of the molecule is NCCNC(=O)c1cc2cc[nH]c(=O)c2c2cc3ccccc3cc12. The highest BCUT2D eigenvalue weighted by atomic mass is 16.1. The molecule has 1 amide bonds. The average Bonchev–Trinajstić information content (AvgIpc) is 2.64. The Morgan fingerprint density at radius 1 is 1.00 bits per heavy atom. The maximum atomic E-state index is 12.6. The van der Waals surface area contributed by atoms with Crippen molar-refractivity contribution in [3.8, 4) is 0 Å². The molecule has 1 heterocycles. The smallest absolute Gasteiger partial charge is 0.256 e. The fourth-order valence-corrected chi connectivity index (χ4v) is 3.26. The van der Waals surface area contributed by atoms with Crippen molar-refractivity contribution in [1.29, 1.82) is 0 Å². The van der Waals surface area contributed by atoms with Crippen molar-refractivity contribution in [3.63, 3.8) is 0 Å². The zero-order valence-electron chi connectivity index (χ0n) is 13.5. The van der Waals surface area contributed by atoms with Gasteiger partial charge in [-0.15, -0.1) is 0 Å². The first-order valence-corrected chi connectivity index (χ1v) is 8.14. The standard InChI is InChI=1S/C20H17N3O2/c21-6-8-23-19(24)17-11-14-5-7-22-20(25)18(14)16-10-13-4-2-1-3-12(13)9-15(16)17/h1-5,7,9-11H,6,8,21H2,(H,22,25)(H,23,24). The Balaban J connectivity index is 2.14. The van der Waals surface area contributed by atoms with Crippen LogP contribution in [0.4, 0.5) is 0 Å². The number of nitrogens with one attached hydrogen (secondary N) is 2. The van der Waals surface area contributed by atoms with E-state index in [1.165, 1.54) is 0 Å². The Bertz CT molecular complexity index is 1180. The van der Waals surface area contributed by atoms with Gasteiger partial charge >= 0.3 is 0 Å². The Hall–Kier alpha value is -3.18. The fraction of sp³-hybridized carbons (Fsp3) is 0.100. The van der Waals surface area contributed by atoms with Crippen molar-refractivity contribution < 1.29 is 4.79 Å². The molecule has 0 fully saturated rings. The number of nitrogens with two attached hydrogens (primary N) is 1. The molecule has 4 aromatic rings. The van der Waals surface area contributed by atoms with E-state index in [9.17, 15) is 9.59 Å². The summed E-state index contributed by atoms with van der Waals surface area (Å²) in [5.41, 5.74) is 5.88. The van der Waals surface area contributed by atoms with E-state index < -0.39 is 0 Å². The second-order valence-corrected chi connectivity index (χ2v) is 5.98. The maximum Gasteiger partial charge on any atom is 0.256 e. The first-order chi connectivity index (χ1) is 12.2. The molecule has 5 nitrogen and oxygen atoms in total. The minimum absolute atomic E-state index is 0.160. The minimum atomic E-state index is -0.187. The number of H-pyrrole nitrogens is 1. The highest BCUT2D eigenvalue weighted by Crippen LogP contribution is 2.30. The number of carbonyl (C=O) groups is 1. The zero-order valence-corrected chi connectivity index (χ0v) is 13.5. The van der Waals surface area contributed by atoms with Gasteiger partial charge in [0.05, 0.1) is 5.39 Å². The molecule has 0 aliphatic carbocycles. The molecule has 0 unspecified atom stereocenters. The number of hydrogen-bond acceptors (Lipinski definition) is 3. The molecule has 0 saturated heterocycles. The molecule has 0 atom stereocenters. The summed E-state index contributed by atoms with van der Waals surface area (Å²) < 4.78 is 0. The van der Waals surface area contributed by atoms with Gasteiger partial charge in [0.1, 0.15) is 0 Å². The predicted molar refractivity (Wildman–Crippen MR) is 101 cm³/mol. The molecule has 0 bridgehead atoms. The second kappa shape index (κ2) is 6.03. The summed E-state index contributed by atoms with van der Waals surface area (Å²) in [6, 6.07) is 15.4. The van der Waals surface area contributed by atoms with Crippen LogP contribution in [0.25, 0.3) is 32.3 Å². The number of fused-ring (bicyclic) bond motifs is 4. The number of pyridine rings is 1. The fourth-order valence-electron chi connectivity index (χ4n) is 3.26. The van der Waals surface area contributed by atoms with E-state index in [-0.39, 0.29) is 11.5 Å². The molecule has 0 spiro atoms. The highest BCUT2D eigenvalue weighted by molar-refractivity contribution is 6.19. The van der Waals surface area contributed by atoms with Crippen molar-refractivity contribution in [2.24, 2.45) is 5.73 Å². The normalized spacial score (nSPS) is 11.2. The van der Waals surface area contributed by atoms with E-state index in [1.54, 1.807) is 12.3 Å². The van der Waals surface area contributed by atoms with Crippen LogP contribution in [0.3, 0.4) is 0 Å². The van der Waals surface area contributed by atoms with E-state index in [0.29, 0.717) is 24.0 Å². The van der Waals surface area contributed by atoms with E-state index in [4.69, 9.17) is 5.73 Å². The van der Waals surface area contributed by atoms with Crippen molar-refractivity contribution in [3.05, 3.63) is 70.6 Å². The van der Waals surface area contributed by atoms with Crippen LogP contribution in [0.2, 0.25) is 0 Å². The molecule has 0 aliphatic heterocycles. The van der Waals surface area contributed by atoms with Crippen molar-refractivity contribution in [1.82, 2.24) is 10.3 Å². The lowest BCUT2D eigenvalue weighted by Gasteiger charge is -2.11. The van der Waals surface area contributed by atoms with Gasteiger partial charge < -0.3 is 16.0 Å². The largest absolute Gasteiger partial charge is 0.351 e. The molecule has 3 aromatic carbocycles. The molecule has 5 heteroatoms. The monoisotopic (exact) mass is 331 g/mol. The van der Waals surface area contributed by atoms with Gasteiger partial charge in [0.25, 0.3) is 11.5 Å². The lowest BCUT2D eigenvalue weighted by molar-refractivity contribution is 0.0956. The third kappa shape index (κ3) is 2.55. The molecule has 0 radical (unpaired) electrons. The van der Waals surface area contributed by atoms with Crippen LogP contribution in [0.15, 0.2) is 59.5 Å². The number of amides is 1. The number of carbonyl (C=O) groups excluding carboxylic acids is 1. The Labute approximate surface area is 143 Å². The molecule has 25 heavy (non-hydrogen) atoms. The first-order valence-electron chi connectivity index (χ1n) is 8.14. The van der Waals surface area contributed by atoms with Gasteiger partial charge in [-0.05, 0) is 51.2 Å². The quantitative estimate of drug-likeness (QED) is 0.398. The van der Waals surface area contributed by atoms with Crippen molar-refractivity contribution in [2.75, 3.05) is 13.1 Å². The maximum absolute atomic E-state index is 12.6. The number of aromatic amines is 1. The molecule has 1 aromatic heterocycles. The van der Waals surface area contributed by atoms with E-state index in [2.05, 4.69) is 10.3 Å². The van der Waals surface area contributed by atoms with Gasteiger partial charge in [-0.1, -0.05) is 24.3 Å². The summed E-state index contributed by atoms with van der Waals surface area (Å²) in [4.78, 5) is 27.8. The van der Waals surface area contributed by atoms with E-state index in [0.717, 1.165) is 26.9 Å². The summed E-state index contributed by atoms with van der Waals surface area (Å²) in [6.45, 7) is 0.779. The molecular weight excluding hydrogens is 314 g/mol. The summed E-state index contributed by atoms with van der Waals surface area (Å²) in [7, 11) is 0. The van der Waals surface area contributed by atoms with Crippen LogP contribution in [0, 0.1) is 0 Å². The Kier molecular flexibility index (Phi) is 3.71. The third-order valence-electron chi connectivity index (χ3n) is 4.41. The van der Waals surface area contributed by atoms with Crippen molar-refractivity contribution in [2.45, 2.75) is 0 Å². The van der Waals surface area contributed by atoms with Gasteiger partial charge in [-0.25, -0.2) is 0 Å². The Morgan fingerprint density at radius 3 is 2.44 bits per heavy atom. The van der Waals surface area contributed by atoms with Crippen LogP contribution >= 0.6 is 0 Å². The number of benzene rings is 3. The highest BCUT2D eigenvalue weighted by Gasteiger charge is 2.15. The van der Waals surface area contributed by atoms with Gasteiger partial charge in [-0.3, -0.25) is 9.59 Å². The van der Waals surface area contributed by atoms with Gasteiger partial charge in [-0.2, -0.15) is 0 Å². The predicted octanol–water partition coefficient (Wildman–Crippen LogP) is 2.52. The first kappa shape index (κ1) is 15.4. The van der Waals surface area contributed by atoms with Crippen LogP contribution in [0.5, 0.6) is 0 Å². The Morgan fingerprint density at radius 2 is 1.72 bits per heavy atom. The van der Waals surface area contributed by atoms with Gasteiger partial charge in [0, 0.05) is 24.8 Å². The van der Waals surface area contributed by atoms with E-state index in [1.807, 2.05) is 42.5 Å². The third-order valence-corrected chi connectivity index (χ3v) is 4.41. The molecule has 0 saturated carbocycles. The molecular formula is C20H17N3O2.